The first-order valence-electron chi connectivity index (χ1n) is 9.07. The largest absolute Gasteiger partial charge is 0.379 e. The van der Waals surface area contributed by atoms with Crippen LogP contribution in [0.25, 0.3) is 0 Å². The van der Waals surface area contributed by atoms with Crippen LogP contribution in [0.1, 0.15) is 22.3 Å². The van der Waals surface area contributed by atoms with E-state index in [0.29, 0.717) is 18.8 Å². The van der Waals surface area contributed by atoms with Gasteiger partial charge < -0.3 is 19.7 Å². The van der Waals surface area contributed by atoms with Crippen molar-refractivity contribution in [1.82, 2.24) is 15.1 Å². The Morgan fingerprint density at radius 2 is 2.12 bits per heavy atom. The van der Waals surface area contributed by atoms with Gasteiger partial charge in [-0.3, -0.25) is 9.69 Å². The van der Waals surface area contributed by atoms with E-state index in [2.05, 4.69) is 28.2 Å². The fraction of sp³-hybridized carbons (Fsp3) is 0.632. The maximum Gasteiger partial charge on any atom is 0.251 e. The van der Waals surface area contributed by atoms with Crippen LogP contribution in [0.15, 0.2) is 24.3 Å². The highest BCUT2D eigenvalue weighted by atomic mass is 16.5. The van der Waals surface area contributed by atoms with E-state index in [1.165, 1.54) is 5.56 Å². The number of amides is 1. The molecule has 0 saturated carbocycles. The van der Waals surface area contributed by atoms with Gasteiger partial charge in [0.2, 0.25) is 0 Å². The number of nitrogens with zero attached hydrogens (tertiary/aromatic N) is 2. The second-order valence-electron chi connectivity index (χ2n) is 7.00. The summed E-state index contributed by atoms with van der Waals surface area (Å²) >= 11 is 0. The summed E-state index contributed by atoms with van der Waals surface area (Å²) in [7, 11) is 3.84. The van der Waals surface area contributed by atoms with E-state index in [-0.39, 0.29) is 18.1 Å². The molecule has 1 amide bonds. The van der Waals surface area contributed by atoms with Gasteiger partial charge in [0, 0.05) is 52.0 Å². The summed E-state index contributed by atoms with van der Waals surface area (Å²) in [6.07, 6.45) is 0.830. The summed E-state index contributed by atoms with van der Waals surface area (Å²) < 4.78 is 10.9. The van der Waals surface area contributed by atoms with E-state index in [1.54, 1.807) is 7.11 Å². The SMILES string of the molecule is CO[C@@H]1CCOC[C@H]1NC(=O)c1cccc(CN2CCN(C)CC2)c1. The van der Waals surface area contributed by atoms with Crippen LogP contribution in [-0.2, 0) is 16.0 Å². The molecule has 0 radical (unpaired) electrons. The molecule has 0 aliphatic carbocycles. The number of benzene rings is 1. The number of methoxy groups -OCH3 is 1. The second kappa shape index (κ2) is 8.76. The molecule has 2 aliphatic rings. The van der Waals surface area contributed by atoms with Crippen molar-refractivity contribution in [1.29, 1.82) is 0 Å². The zero-order chi connectivity index (χ0) is 17.6. The minimum atomic E-state index is -0.0902. The Hall–Kier alpha value is -1.47. The number of likely N-dealkylation sites (N-methyl/N-ethyl adjacent to an activating group) is 1. The minimum Gasteiger partial charge on any atom is -0.379 e. The number of ether oxygens (including phenoxy) is 2. The molecule has 3 rings (SSSR count). The Balaban J connectivity index is 1.59. The molecule has 6 nitrogen and oxygen atoms in total. The van der Waals surface area contributed by atoms with Crippen molar-refractivity contribution in [3.05, 3.63) is 35.4 Å². The van der Waals surface area contributed by atoms with Gasteiger partial charge in [0.05, 0.1) is 18.8 Å². The smallest absolute Gasteiger partial charge is 0.251 e. The van der Waals surface area contributed by atoms with Crippen LogP contribution in [0.3, 0.4) is 0 Å². The molecule has 2 fully saturated rings. The summed E-state index contributed by atoms with van der Waals surface area (Å²) in [6.45, 7) is 6.42. The summed E-state index contributed by atoms with van der Waals surface area (Å²) in [5.74, 6) is -0.0576. The van der Waals surface area contributed by atoms with Gasteiger partial charge >= 0.3 is 0 Å². The van der Waals surface area contributed by atoms with Crippen molar-refractivity contribution in [2.24, 2.45) is 0 Å². The topological polar surface area (TPSA) is 54.0 Å². The fourth-order valence-electron chi connectivity index (χ4n) is 3.46. The van der Waals surface area contributed by atoms with Gasteiger partial charge in [0.15, 0.2) is 0 Å². The van der Waals surface area contributed by atoms with Crippen LogP contribution in [0.5, 0.6) is 0 Å². The van der Waals surface area contributed by atoms with Crippen LogP contribution >= 0.6 is 0 Å². The maximum atomic E-state index is 12.6. The van der Waals surface area contributed by atoms with Crippen molar-refractivity contribution in [3.8, 4) is 0 Å². The monoisotopic (exact) mass is 347 g/mol. The third-order valence-electron chi connectivity index (χ3n) is 5.10. The van der Waals surface area contributed by atoms with Crippen LogP contribution in [-0.4, -0.2) is 81.4 Å². The Kier molecular flexibility index (Phi) is 6.42. The lowest BCUT2D eigenvalue weighted by Crippen LogP contribution is -2.50. The molecule has 1 aromatic carbocycles. The number of piperazine rings is 1. The molecular formula is C19H29N3O3. The lowest BCUT2D eigenvalue weighted by atomic mass is 10.0. The number of hydrogen-bond acceptors (Lipinski definition) is 5. The van der Waals surface area contributed by atoms with Gasteiger partial charge in [-0.05, 0) is 31.2 Å². The maximum absolute atomic E-state index is 12.6. The van der Waals surface area contributed by atoms with Crippen molar-refractivity contribution in [3.63, 3.8) is 0 Å². The van der Waals surface area contributed by atoms with Crippen molar-refractivity contribution >= 4 is 5.91 Å². The molecule has 1 aromatic rings. The Labute approximate surface area is 150 Å². The number of nitrogens with one attached hydrogen (secondary N) is 1. The summed E-state index contributed by atoms with van der Waals surface area (Å²) in [6, 6.07) is 7.84. The quantitative estimate of drug-likeness (QED) is 0.860. The molecule has 0 spiro atoms. The molecule has 138 valence electrons. The summed E-state index contributed by atoms with van der Waals surface area (Å²) in [5, 5.41) is 3.06. The predicted octanol–water partition coefficient (Wildman–Crippen LogP) is 0.968. The highest BCUT2D eigenvalue weighted by Crippen LogP contribution is 2.14. The first kappa shape index (κ1) is 18.3. The predicted molar refractivity (Wildman–Crippen MR) is 96.7 cm³/mol. The Morgan fingerprint density at radius 1 is 1.32 bits per heavy atom. The van der Waals surface area contributed by atoms with Crippen LogP contribution in [0, 0.1) is 0 Å². The number of rotatable bonds is 5. The van der Waals surface area contributed by atoms with Gasteiger partial charge in [-0.1, -0.05) is 12.1 Å². The lowest BCUT2D eigenvalue weighted by Gasteiger charge is -2.32. The first-order chi connectivity index (χ1) is 12.2. The second-order valence-corrected chi connectivity index (χ2v) is 7.00. The molecule has 2 heterocycles. The molecule has 0 bridgehead atoms. The highest BCUT2D eigenvalue weighted by molar-refractivity contribution is 5.94. The van der Waals surface area contributed by atoms with Crippen molar-refractivity contribution in [2.75, 3.05) is 53.6 Å². The van der Waals surface area contributed by atoms with E-state index >= 15 is 0 Å². The van der Waals surface area contributed by atoms with E-state index in [4.69, 9.17) is 9.47 Å². The zero-order valence-corrected chi connectivity index (χ0v) is 15.2. The van der Waals surface area contributed by atoms with E-state index < -0.39 is 0 Å². The Bertz CT molecular complexity index is 573. The van der Waals surface area contributed by atoms with Crippen LogP contribution < -0.4 is 5.32 Å². The van der Waals surface area contributed by atoms with Crippen molar-refractivity contribution in [2.45, 2.75) is 25.1 Å². The average Bonchev–Trinajstić information content (AvgIpc) is 2.64. The third kappa shape index (κ3) is 5.01. The van der Waals surface area contributed by atoms with E-state index in [1.807, 2.05) is 18.2 Å². The summed E-state index contributed by atoms with van der Waals surface area (Å²) in [5.41, 5.74) is 1.88. The molecule has 1 N–H and O–H groups in total. The molecule has 0 aromatic heterocycles. The normalized spacial score (nSPS) is 25.7. The van der Waals surface area contributed by atoms with Gasteiger partial charge in [-0.25, -0.2) is 0 Å². The third-order valence-corrected chi connectivity index (χ3v) is 5.10. The highest BCUT2D eigenvalue weighted by Gasteiger charge is 2.27. The number of carbonyl (C=O) groups is 1. The van der Waals surface area contributed by atoms with Gasteiger partial charge in [-0.2, -0.15) is 0 Å². The lowest BCUT2D eigenvalue weighted by molar-refractivity contribution is -0.0349. The molecule has 0 unspecified atom stereocenters. The van der Waals surface area contributed by atoms with E-state index in [0.717, 1.165) is 39.1 Å². The van der Waals surface area contributed by atoms with Crippen LogP contribution in [0.4, 0.5) is 0 Å². The van der Waals surface area contributed by atoms with E-state index in [9.17, 15) is 4.79 Å². The summed E-state index contributed by atoms with van der Waals surface area (Å²) in [4.78, 5) is 17.4. The molecule has 6 heteroatoms. The number of hydrogen-bond donors (Lipinski definition) is 1. The first-order valence-corrected chi connectivity index (χ1v) is 9.07. The van der Waals surface area contributed by atoms with Gasteiger partial charge in [0.25, 0.3) is 5.91 Å². The van der Waals surface area contributed by atoms with Gasteiger partial charge in [-0.15, -0.1) is 0 Å². The van der Waals surface area contributed by atoms with Crippen LogP contribution in [0.2, 0.25) is 0 Å². The van der Waals surface area contributed by atoms with Crippen molar-refractivity contribution < 1.29 is 14.3 Å². The Morgan fingerprint density at radius 3 is 2.88 bits per heavy atom. The molecule has 25 heavy (non-hydrogen) atoms. The average molecular weight is 347 g/mol. The molecular weight excluding hydrogens is 318 g/mol. The number of carbonyl (C=O) groups excluding carboxylic acids is 1. The standard InChI is InChI=1S/C19H29N3O3/c1-21-7-9-22(10-8-21)13-15-4-3-5-16(12-15)19(23)20-17-14-25-11-6-18(17)24-2/h3-5,12,17-18H,6-11,13-14H2,1-2H3,(H,20,23)/t17-,18-/m1/s1. The zero-order valence-electron chi connectivity index (χ0n) is 15.2. The molecule has 2 saturated heterocycles. The molecule has 2 aliphatic heterocycles. The fourth-order valence-corrected chi connectivity index (χ4v) is 3.46. The van der Waals surface area contributed by atoms with Gasteiger partial charge in [0.1, 0.15) is 0 Å². The molecule has 2 atom stereocenters. The minimum absolute atomic E-state index is 0.0197.